The minimum atomic E-state index is -0.323. The van der Waals surface area contributed by atoms with Crippen LogP contribution in [0, 0.1) is 5.41 Å². The molecule has 0 saturated heterocycles. The molecule has 188 valence electrons. The monoisotopic (exact) mass is 501 g/mol. The molecule has 2 aromatic carbocycles. The number of esters is 2. The van der Waals surface area contributed by atoms with Gasteiger partial charge in [-0.2, -0.15) is 0 Å². The number of hydrogen-bond donors (Lipinski definition) is 3. The van der Waals surface area contributed by atoms with E-state index in [0.717, 1.165) is 28.1 Å². The maximum Gasteiger partial charge on any atom is 0.326 e. The molecule has 0 aliphatic carbocycles. The van der Waals surface area contributed by atoms with Gasteiger partial charge >= 0.3 is 11.9 Å². The third-order valence-corrected chi connectivity index (χ3v) is 5.24. The Morgan fingerprint density at radius 3 is 2.40 bits per heavy atom. The molecule has 3 aromatic rings. The molecule has 0 unspecified atom stereocenters. The van der Waals surface area contributed by atoms with Crippen molar-refractivity contribution in [1.82, 2.24) is 9.55 Å². The summed E-state index contributed by atoms with van der Waals surface area (Å²) in [5.74, 6) is 0.232. The fraction of sp³-hybridized carbons (Fsp3) is 0.360. The number of imidazole rings is 1. The second kappa shape index (κ2) is 13.3. The number of ether oxygens (including phenoxy) is 2. The highest BCUT2D eigenvalue weighted by Crippen LogP contribution is 2.23. The fourth-order valence-corrected chi connectivity index (χ4v) is 3.62. The first-order chi connectivity index (χ1) is 16.4. The van der Waals surface area contributed by atoms with Crippen LogP contribution in [-0.4, -0.2) is 47.1 Å². The molecule has 0 fully saturated rings. The summed E-state index contributed by atoms with van der Waals surface area (Å²) in [7, 11) is 0. The fourth-order valence-electron chi connectivity index (χ4n) is 3.62. The second-order valence-electron chi connectivity index (χ2n) is 7.75. The van der Waals surface area contributed by atoms with Crippen LogP contribution in [0.25, 0.3) is 11.0 Å². The zero-order chi connectivity index (χ0) is 24.5. The van der Waals surface area contributed by atoms with E-state index in [-0.39, 0.29) is 36.7 Å². The number of aromatic nitrogens is 2. The van der Waals surface area contributed by atoms with Gasteiger partial charge in [0.05, 0.1) is 24.2 Å². The van der Waals surface area contributed by atoms with Gasteiger partial charge in [-0.1, -0.05) is 24.3 Å². The minimum Gasteiger partial charge on any atom is -0.466 e. The topological polar surface area (TPSA) is 132 Å². The van der Waals surface area contributed by atoms with Crippen LogP contribution < -0.4 is 11.1 Å². The lowest BCUT2D eigenvalue weighted by molar-refractivity contribution is -0.144. The second-order valence-corrected chi connectivity index (χ2v) is 7.75. The third-order valence-electron chi connectivity index (χ3n) is 5.24. The van der Waals surface area contributed by atoms with E-state index in [1.165, 1.54) is 0 Å². The zero-order valence-electron chi connectivity index (χ0n) is 20.0. The molecule has 0 amide bonds. The van der Waals surface area contributed by atoms with Gasteiger partial charge in [-0.15, -0.1) is 12.4 Å². The Morgan fingerprint density at radius 2 is 1.74 bits per heavy atom. The van der Waals surface area contributed by atoms with Crippen molar-refractivity contribution in [2.45, 2.75) is 39.7 Å². The predicted molar refractivity (Wildman–Crippen MR) is 138 cm³/mol. The number of fused-ring (bicyclic) bond motifs is 1. The van der Waals surface area contributed by atoms with E-state index in [2.05, 4.69) is 5.32 Å². The van der Waals surface area contributed by atoms with Crippen LogP contribution in [0.15, 0.2) is 42.5 Å². The smallest absolute Gasteiger partial charge is 0.326 e. The Morgan fingerprint density at radius 1 is 1.06 bits per heavy atom. The predicted octanol–water partition coefficient (Wildman–Crippen LogP) is 3.65. The lowest BCUT2D eigenvalue weighted by Crippen LogP contribution is -2.16. The Kier molecular flexibility index (Phi) is 10.5. The number of hydrogen-bond acceptors (Lipinski definition) is 7. The van der Waals surface area contributed by atoms with Crippen LogP contribution in [0.5, 0.6) is 0 Å². The van der Waals surface area contributed by atoms with Crippen molar-refractivity contribution in [3.8, 4) is 0 Å². The van der Waals surface area contributed by atoms with Crippen molar-refractivity contribution >= 4 is 46.9 Å². The summed E-state index contributed by atoms with van der Waals surface area (Å²) < 4.78 is 12.0. The number of benzene rings is 2. The van der Waals surface area contributed by atoms with Gasteiger partial charge in [-0.05, 0) is 44.0 Å². The lowest BCUT2D eigenvalue weighted by atomic mass is 10.1. The highest BCUT2D eigenvalue weighted by atomic mass is 35.5. The van der Waals surface area contributed by atoms with Gasteiger partial charge in [-0.25, -0.2) is 4.98 Å². The number of nitrogens with zero attached hydrogens (tertiary/aromatic N) is 2. The summed E-state index contributed by atoms with van der Waals surface area (Å²) in [5.41, 5.74) is 9.67. The number of rotatable bonds is 12. The molecule has 9 nitrogen and oxygen atoms in total. The molecular weight excluding hydrogens is 470 g/mol. The van der Waals surface area contributed by atoms with Crippen molar-refractivity contribution in [2.24, 2.45) is 5.73 Å². The summed E-state index contributed by atoms with van der Waals surface area (Å²) in [6, 6.07) is 13.2. The Labute approximate surface area is 210 Å². The van der Waals surface area contributed by atoms with E-state index in [4.69, 9.17) is 25.6 Å². The maximum atomic E-state index is 12.3. The first kappa shape index (κ1) is 27.7. The average Bonchev–Trinajstić information content (AvgIpc) is 3.13. The molecule has 35 heavy (non-hydrogen) atoms. The number of nitrogens with two attached hydrogens (primary N) is 1. The van der Waals surface area contributed by atoms with Gasteiger partial charge < -0.3 is 25.1 Å². The number of amidine groups is 1. The molecule has 4 N–H and O–H groups in total. The van der Waals surface area contributed by atoms with Crippen LogP contribution in [0.3, 0.4) is 0 Å². The van der Waals surface area contributed by atoms with Crippen LogP contribution >= 0.6 is 12.4 Å². The van der Waals surface area contributed by atoms with Gasteiger partial charge in [-0.3, -0.25) is 15.0 Å². The van der Waals surface area contributed by atoms with Crippen molar-refractivity contribution in [3.05, 3.63) is 59.4 Å². The zero-order valence-corrected chi connectivity index (χ0v) is 20.8. The highest BCUT2D eigenvalue weighted by molar-refractivity contribution is 5.94. The maximum absolute atomic E-state index is 12.3. The number of nitrogen functional groups attached to an aromatic ring is 1. The normalized spacial score (nSPS) is 10.5. The molecule has 0 spiro atoms. The van der Waals surface area contributed by atoms with Crippen molar-refractivity contribution < 1.29 is 19.1 Å². The molecule has 0 aliphatic heterocycles. The van der Waals surface area contributed by atoms with Crippen molar-refractivity contribution in [3.63, 3.8) is 0 Å². The molecule has 0 saturated carbocycles. The molecule has 3 rings (SSSR count). The molecule has 10 heteroatoms. The molecular formula is C25H32ClN5O4. The Bertz CT molecular complexity index is 1160. The van der Waals surface area contributed by atoms with E-state index < -0.39 is 0 Å². The van der Waals surface area contributed by atoms with Gasteiger partial charge in [0.15, 0.2) is 0 Å². The lowest BCUT2D eigenvalue weighted by Gasteiger charge is -2.10. The number of halogens is 1. The summed E-state index contributed by atoms with van der Waals surface area (Å²) in [6.45, 7) is 4.97. The van der Waals surface area contributed by atoms with Crippen LogP contribution in [0.2, 0.25) is 0 Å². The molecule has 0 bridgehead atoms. The van der Waals surface area contributed by atoms with E-state index in [9.17, 15) is 9.59 Å². The van der Waals surface area contributed by atoms with E-state index >= 15 is 0 Å². The van der Waals surface area contributed by atoms with Crippen molar-refractivity contribution in [2.75, 3.05) is 25.1 Å². The summed E-state index contributed by atoms with van der Waals surface area (Å²) in [6.07, 6.45) is 1.54. The van der Waals surface area contributed by atoms with Gasteiger partial charge in [0.25, 0.3) is 0 Å². The van der Waals surface area contributed by atoms with E-state index in [1.54, 1.807) is 26.0 Å². The van der Waals surface area contributed by atoms with Crippen LogP contribution in [-0.2, 0) is 32.0 Å². The van der Waals surface area contributed by atoms with E-state index in [1.807, 2.05) is 34.9 Å². The highest BCUT2D eigenvalue weighted by Gasteiger charge is 2.16. The van der Waals surface area contributed by atoms with Gasteiger partial charge in [0, 0.05) is 30.6 Å². The van der Waals surface area contributed by atoms with E-state index in [0.29, 0.717) is 44.6 Å². The largest absolute Gasteiger partial charge is 0.466 e. The summed E-state index contributed by atoms with van der Waals surface area (Å²) in [5, 5.41) is 10.9. The minimum absolute atomic E-state index is 0. The Hall–Kier alpha value is -3.59. The first-order valence-corrected chi connectivity index (χ1v) is 11.4. The average molecular weight is 502 g/mol. The van der Waals surface area contributed by atoms with Gasteiger partial charge in [0.1, 0.15) is 18.2 Å². The SMILES string of the molecule is CCOC(=O)CCCNc1ccc2c(c1)nc(Cc1ccc(C(=N)N)cc1)n2CC(=O)OCC.Cl. The van der Waals surface area contributed by atoms with Crippen LogP contribution in [0.1, 0.15) is 43.6 Å². The quantitative estimate of drug-likeness (QED) is 0.149. The van der Waals surface area contributed by atoms with Crippen molar-refractivity contribution in [1.29, 1.82) is 5.41 Å². The number of anilines is 1. The molecule has 1 heterocycles. The molecule has 1 aromatic heterocycles. The number of carbonyl (C=O) groups is 2. The molecule has 0 radical (unpaired) electrons. The first-order valence-electron chi connectivity index (χ1n) is 11.4. The van der Waals surface area contributed by atoms with Gasteiger partial charge in [0.2, 0.25) is 0 Å². The molecule has 0 atom stereocenters. The number of nitrogens with one attached hydrogen (secondary N) is 2. The number of carbonyl (C=O) groups excluding carboxylic acids is 2. The third kappa shape index (κ3) is 7.71. The van der Waals surface area contributed by atoms with Crippen LogP contribution in [0.4, 0.5) is 5.69 Å². The Balaban J connectivity index is 0.00000432. The summed E-state index contributed by atoms with van der Waals surface area (Å²) in [4.78, 5) is 28.5. The molecule has 0 aliphatic rings. The standard InChI is InChI=1S/C25H31N5O4.ClH/c1-3-33-23(31)6-5-13-28-19-11-12-21-20(15-19)29-22(30(21)16-24(32)34-4-2)14-17-7-9-18(10-8-17)25(26)27;/h7-12,15,28H,3-6,13-14,16H2,1-2H3,(H3,26,27);1H. The summed E-state index contributed by atoms with van der Waals surface area (Å²) >= 11 is 0.